The first-order chi connectivity index (χ1) is 8.41. The number of hydrogen-bond acceptors (Lipinski definition) is 4. The molecule has 0 aliphatic carbocycles. The third-order valence-electron chi connectivity index (χ3n) is 3.11. The van der Waals surface area contributed by atoms with Crippen molar-refractivity contribution >= 4 is 17.8 Å². The molecule has 0 aromatic carbocycles. The molecule has 0 bridgehead atoms. The van der Waals surface area contributed by atoms with Crippen LogP contribution in [0.3, 0.4) is 0 Å². The highest BCUT2D eigenvalue weighted by Crippen LogP contribution is 2.14. The van der Waals surface area contributed by atoms with E-state index in [1.807, 2.05) is 6.92 Å². The van der Waals surface area contributed by atoms with Crippen LogP contribution in [0.15, 0.2) is 0 Å². The molecule has 3 atom stereocenters. The fraction of sp³-hybridized carbons (Fsp3) is 0.727. The van der Waals surface area contributed by atoms with Gasteiger partial charge in [-0.3, -0.25) is 9.59 Å². The number of nitrogens with one attached hydrogen (secondary N) is 2. The lowest BCUT2D eigenvalue weighted by Crippen LogP contribution is -2.50. The molecule has 0 aromatic rings. The number of nitrogens with two attached hydrogens (primary N) is 1. The van der Waals surface area contributed by atoms with Crippen molar-refractivity contribution in [3.05, 3.63) is 0 Å². The van der Waals surface area contributed by atoms with Gasteiger partial charge in [0.1, 0.15) is 6.04 Å². The third-order valence-corrected chi connectivity index (χ3v) is 3.11. The van der Waals surface area contributed by atoms with E-state index in [9.17, 15) is 14.4 Å². The summed E-state index contributed by atoms with van der Waals surface area (Å²) in [6, 6.07) is -1.43. The SMILES string of the molecule is CC1CCNC1C(=O)NC(CCC(N)=O)C(=O)O. The number of primary amides is 1. The first-order valence-corrected chi connectivity index (χ1v) is 5.96. The number of carboxylic acids is 1. The Labute approximate surface area is 105 Å². The zero-order valence-corrected chi connectivity index (χ0v) is 10.3. The molecule has 5 N–H and O–H groups in total. The fourth-order valence-corrected chi connectivity index (χ4v) is 1.99. The van der Waals surface area contributed by atoms with Crippen molar-refractivity contribution in [2.24, 2.45) is 11.7 Å². The molecule has 7 heteroatoms. The minimum absolute atomic E-state index is 0.0114. The lowest BCUT2D eigenvalue weighted by Gasteiger charge is -2.19. The van der Waals surface area contributed by atoms with Crippen molar-refractivity contribution < 1.29 is 19.5 Å². The van der Waals surface area contributed by atoms with Gasteiger partial charge < -0.3 is 21.5 Å². The second-order valence-corrected chi connectivity index (χ2v) is 4.60. The third kappa shape index (κ3) is 3.99. The molecular weight excluding hydrogens is 238 g/mol. The minimum Gasteiger partial charge on any atom is -0.480 e. The summed E-state index contributed by atoms with van der Waals surface area (Å²) in [5.41, 5.74) is 4.96. The zero-order valence-electron chi connectivity index (χ0n) is 10.3. The highest BCUT2D eigenvalue weighted by atomic mass is 16.4. The van der Waals surface area contributed by atoms with Gasteiger partial charge in [-0.05, 0) is 25.3 Å². The monoisotopic (exact) mass is 257 g/mol. The van der Waals surface area contributed by atoms with Gasteiger partial charge in [0.15, 0.2) is 0 Å². The number of amides is 2. The van der Waals surface area contributed by atoms with Crippen molar-refractivity contribution in [2.75, 3.05) is 6.54 Å². The largest absolute Gasteiger partial charge is 0.480 e. The lowest BCUT2D eigenvalue weighted by molar-refractivity contribution is -0.142. The average Bonchev–Trinajstić information content (AvgIpc) is 2.69. The maximum absolute atomic E-state index is 11.9. The van der Waals surface area contributed by atoms with Gasteiger partial charge in [-0.2, -0.15) is 0 Å². The molecule has 2 amide bonds. The highest BCUT2D eigenvalue weighted by molar-refractivity contribution is 5.87. The van der Waals surface area contributed by atoms with Crippen LogP contribution in [0.25, 0.3) is 0 Å². The summed E-state index contributed by atoms with van der Waals surface area (Å²) in [5.74, 6) is -1.90. The Morgan fingerprint density at radius 2 is 2.17 bits per heavy atom. The molecule has 1 heterocycles. The van der Waals surface area contributed by atoms with E-state index < -0.39 is 17.9 Å². The molecule has 7 nitrogen and oxygen atoms in total. The topological polar surface area (TPSA) is 122 Å². The Bertz CT molecular complexity index is 345. The maximum Gasteiger partial charge on any atom is 0.326 e. The van der Waals surface area contributed by atoms with Crippen molar-refractivity contribution in [3.8, 4) is 0 Å². The molecule has 3 unspecified atom stereocenters. The molecule has 1 aliphatic heterocycles. The van der Waals surface area contributed by atoms with Crippen LogP contribution in [-0.2, 0) is 14.4 Å². The molecule has 18 heavy (non-hydrogen) atoms. The van der Waals surface area contributed by atoms with Gasteiger partial charge in [0.05, 0.1) is 6.04 Å². The van der Waals surface area contributed by atoms with Crippen molar-refractivity contribution in [2.45, 2.75) is 38.3 Å². The van der Waals surface area contributed by atoms with E-state index in [1.165, 1.54) is 0 Å². The van der Waals surface area contributed by atoms with Crippen LogP contribution in [0.1, 0.15) is 26.2 Å². The standard InChI is InChI=1S/C11H19N3O4/c1-6-4-5-13-9(6)10(16)14-7(11(17)18)2-3-8(12)15/h6-7,9,13H,2-5H2,1H3,(H2,12,15)(H,14,16)(H,17,18). The van der Waals surface area contributed by atoms with Crippen LogP contribution >= 0.6 is 0 Å². The second-order valence-electron chi connectivity index (χ2n) is 4.60. The molecule has 1 rings (SSSR count). The van der Waals surface area contributed by atoms with Crippen molar-refractivity contribution in [3.63, 3.8) is 0 Å². The molecule has 0 saturated carbocycles. The van der Waals surface area contributed by atoms with E-state index in [0.29, 0.717) is 0 Å². The predicted molar refractivity (Wildman–Crippen MR) is 63.6 cm³/mol. The van der Waals surface area contributed by atoms with Gasteiger partial charge in [0.25, 0.3) is 0 Å². The summed E-state index contributed by atoms with van der Waals surface area (Å²) in [7, 11) is 0. The van der Waals surface area contributed by atoms with Gasteiger partial charge in [0.2, 0.25) is 11.8 Å². The van der Waals surface area contributed by atoms with Crippen LogP contribution in [0.5, 0.6) is 0 Å². The van der Waals surface area contributed by atoms with Crippen LogP contribution in [0.4, 0.5) is 0 Å². The smallest absolute Gasteiger partial charge is 0.326 e. The molecule has 0 aromatic heterocycles. The first-order valence-electron chi connectivity index (χ1n) is 5.96. The Hall–Kier alpha value is -1.63. The molecular formula is C11H19N3O4. The van der Waals surface area contributed by atoms with E-state index in [0.717, 1.165) is 13.0 Å². The molecule has 1 aliphatic rings. The number of aliphatic carboxylic acids is 1. The Balaban J connectivity index is 2.52. The zero-order chi connectivity index (χ0) is 13.7. The van der Waals surface area contributed by atoms with E-state index in [1.54, 1.807) is 0 Å². The van der Waals surface area contributed by atoms with Crippen LogP contribution < -0.4 is 16.4 Å². The van der Waals surface area contributed by atoms with E-state index in [4.69, 9.17) is 10.8 Å². The van der Waals surface area contributed by atoms with Crippen molar-refractivity contribution in [1.82, 2.24) is 10.6 Å². The van der Waals surface area contributed by atoms with Crippen LogP contribution in [-0.4, -0.2) is 41.5 Å². The maximum atomic E-state index is 11.9. The van der Waals surface area contributed by atoms with E-state index in [-0.39, 0.29) is 30.7 Å². The van der Waals surface area contributed by atoms with Gasteiger partial charge in [-0.15, -0.1) is 0 Å². The normalized spacial score (nSPS) is 24.5. The molecule has 0 radical (unpaired) electrons. The van der Waals surface area contributed by atoms with Crippen molar-refractivity contribution in [1.29, 1.82) is 0 Å². The lowest BCUT2D eigenvalue weighted by atomic mass is 10.0. The quantitative estimate of drug-likeness (QED) is 0.477. The van der Waals surface area contributed by atoms with Gasteiger partial charge in [0, 0.05) is 6.42 Å². The van der Waals surface area contributed by atoms with E-state index >= 15 is 0 Å². The number of hydrogen-bond donors (Lipinski definition) is 4. The van der Waals surface area contributed by atoms with Gasteiger partial charge in [-0.1, -0.05) is 6.92 Å². The van der Waals surface area contributed by atoms with Gasteiger partial charge >= 0.3 is 5.97 Å². The minimum atomic E-state index is -1.16. The Morgan fingerprint density at radius 3 is 2.61 bits per heavy atom. The second kappa shape index (κ2) is 6.34. The summed E-state index contributed by atoms with van der Waals surface area (Å²) in [6.07, 6.45) is 0.833. The predicted octanol–water partition coefficient (Wildman–Crippen LogP) is -1.18. The van der Waals surface area contributed by atoms with E-state index in [2.05, 4.69) is 10.6 Å². The summed E-state index contributed by atoms with van der Waals surface area (Å²) in [4.78, 5) is 33.4. The number of carbonyl (C=O) groups excluding carboxylic acids is 2. The summed E-state index contributed by atoms with van der Waals surface area (Å²) >= 11 is 0. The first kappa shape index (κ1) is 14.4. The summed E-state index contributed by atoms with van der Waals surface area (Å²) < 4.78 is 0. The number of carbonyl (C=O) groups is 3. The Morgan fingerprint density at radius 1 is 1.50 bits per heavy atom. The molecule has 1 saturated heterocycles. The van der Waals surface area contributed by atoms with Crippen LogP contribution in [0, 0.1) is 5.92 Å². The van der Waals surface area contributed by atoms with Crippen LogP contribution in [0.2, 0.25) is 0 Å². The fourth-order valence-electron chi connectivity index (χ4n) is 1.99. The summed E-state index contributed by atoms with van der Waals surface area (Å²) in [5, 5.41) is 14.4. The molecule has 1 fully saturated rings. The number of rotatable bonds is 6. The Kier molecular flexibility index (Phi) is 5.08. The summed E-state index contributed by atoms with van der Waals surface area (Å²) in [6.45, 7) is 2.68. The molecule has 102 valence electrons. The highest BCUT2D eigenvalue weighted by Gasteiger charge is 2.31. The van der Waals surface area contributed by atoms with Gasteiger partial charge in [-0.25, -0.2) is 4.79 Å². The molecule has 0 spiro atoms. The number of carboxylic acid groups (broad SMARTS) is 1. The average molecular weight is 257 g/mol.